The first-order chi connectivity index (χ1) is 2.43. The highest BCUT2D eigenvalue weighted by molar-refractivity contribution is 4.92. The lowest BCUT2D eigenvalue weighted by atomic mass is 10.3. The van der Waals surface area contributed by atoms with Crippen molar-refractivity contribution in [3.8, 4) is 0 Å². The lowest BCUT2D eigenvalue weighted by Gasteiger charge is -1.72. The third-order valence-corrected chi connectivity index (χ3v) is 1.09. The number of hydrogen-bond acceptors (Lipinski definition) is 0. The molecular weight excluding hydrogens is 60.1 g/mol. The van der Waals surface area contributed by atoms with Crippen molar-refractivity contribution in [2.45, 2.75) is 19.8 Å². The molecule has 0 heteroatoms. The van der Waals surface area contributed by atoms with Crippen LogP contribution in [0.25, 0.3) is 0 Å². The highest BCUT2D eigenvalue weighted by Crippen LogP contribution is 2.29. The zero-order chi connectivity index (χ0) is 3.70. The van der Waals surface area contributed by atoms with Gasteiger partial charge in [-0.25, -0.2) is 0 Å². The summed E-state index contributed by atoms with van der Waals surface area (Å²) in [7, 11) is 0. The van der Waals surface area contributed by atoms with Gasteiger partial charge in [-0.15, -0.1) is 0 Å². The minimum Gasteiger partial charge on any atom is -0.0651 e. The third kappa shape index (κ3) is 0.640. The van der Waals surface area contributed by atoms with Gasteiger partial charge in [0.25, 0.3) is 0 Å². The fourth-order valence-corrected chi connectivity index (χ4v) is 0.430. The third-order valence-electron chi connectivity index (χ3n) is 1.09. The molecule has 0 aromatic heterocycles. The second-order valence-corrected chi connectivity index (χ2v) is 1.64. The van der Waals surface area contributed by atoms with Crippen LogP contribution in [0, 0.1) is 12.3 Å². The predicted molar refractivity (Wildman–Crippen MR) is 22.7 cm³/mol. The Morgan fingerprint density at radius 2 is 2.60 bits per heavy atom. The summed E-state index contributed by atoms with van der Waals surface area (Å²) in [6.45, 7) is 2.23. The van der Waals surface area contributed by atoms with Crippen molar-refractivity contribution in [3.05, 3.63) is 6.42 Å². The van der Waals surface area contributed by atoms with Crippen molar-refractivity contribution in [1.82, 2.24) is 0 Å². The Morgan fingerprint density at radius 3 is 2.60 bits per heavy atom. The van der Waals surface area contributed by atoms with Gasteiger partial charge >= 0.3 is 0 Å². The van der Waals surface area contributed by atoms with E-state index >= 15 is 0 Å². The first kappa shape index (κ1) is 3.20. The van der Waals surface area contributed by atoms with Crippen LogP contribution in [-0.2, 0) is 0 Å². The molecule has 0 spiro atoms. The molecule has 0 saturated heterocycles. The van der Waals surface area contributed by atoms with Crippen LogP contribution in [0.3, 0.4) is 0 Å². The van der Waals surface area contributed by atoms with E-state index in [0.29, 0.717) is 0 Å². The van der Waals surface area contributed by atoms with E-state index in [1.54, 1.807) is 0 Å². The van der Waals surface area contributed by atoms with Crippen LogP contribution >= 0.6 is 0 Å². The van der Waals surface area contributed by atoms with Crippen LogP contribution < -0.4 is 0 Å². The predicted octanol–water partition coefficient (Wildman–Crippen LogP) is 1.62. The molecule has 0 aromatic rings. The van der Waals surface area contributed by atoms with E-state index in [2.05, 4.69) is 13.3 Å². The Hall–Kier alpha value is 0. The minimum absolute atomic E-state index is 1.01. The van der Waals surface area contributed by atoms with E-state index in [0.717, 1.165) is 5.92 Å². The Morgan fingerprint density at radius 1 is 2.00 bits per heavy atom. The summed E-state index contributed by atoms with van der Waals surface area (Å²) in [5.74, 6) is 1.01. The number of hydrogen-bond donors (Lipinski definition) is 0. The van der Waals surface area contributed by atoms with Gasteiger partial charge in [-0.05, 0) is 18.8 Å². The maximum Gasteiger partial charge on any atom is -0.0352 e. The summed E-state index contributed by atoms with van der Waals surface area (Å²) in [6.07, 6.45) is 5.09. The van der Waals surface area contributed by atoms with Gasteiger partial charge in [-0.3, -0.25) is 0 Å². The van der Waals surface area contributed by atoms with Crippen LogP contribution in [0.2, 0.25) is 0 Å². The maximum atomic E-state index is 2.35. The summed E-state index contributed by atoms with van der Waals surface area (Å²) < 4.78 is 0. The van der Waals surface area contributed by atoms with E-state index in [1.165, 1.54) is 12.8 Å². The molecule has 1 fully saturated rings. The molecule has 1 aliphatic rings. The zero-order valence-corrected chi connectivity index (χ0v) is 3.57. The maximum absolute atomic E-state index is 2.35. The Kier molecular flexibility index (Phi) is 0.640. The van der Waals surface area contributed by atoms with Crippen LogP contribution in [0.1, 0.15) is 19.8 Å². The fourth-order valence-electron chi connectivity index (χ4n) is 0.430. The van der Waals surface area contributed by atoms with Gasteiger partial charge < -0.3 is 0 Å². The second-order valence-electron chi connectivity index (χ2n) is 1.64. The Bertz CT molecular complexity index is 27.0. The Balaban J connectivity index is 2.00. The van der Waals surface area contributed by atoms with E-state index in [1.807, 2.05) is 0 Å². The van der Waals surface area contributed by atoms with Gasteiger partial charge in [-0.2, -0.15) is 0 Å². The van der Waals surface area contributed by atoms with Gasteiger partial charge in [0.15, 0.2) is 0 Å². The molecule has 1 saturated carbocycles. The lowest BCUT2D eigenvalue weighted by Crippen LogP contribution is -1.60. The first-order valence-corrected chi connectivity index (χ1v) is 2.27. The topological polar surface area (TPSA) is 0 Å². The second kappa shape index (κ2) is 1.00. The van der Waals surface area contributed by atoms with Crippen molar-refractivity contribution in [3.63, 3.8) is 0 Å². The molecule has 0 aliphatic heterocycles. The molecule has 29 valence electrons. The molecular formula is C5H9. The molecule has 0 N–H and O–H groups in total. The fraction of sp³-hybridized carbons (Fsp3) is 0.800. The summed E-state index contributed by atoms with van der Waals surface area (Å²) in [5, 5.41) is 0. The highest BCUT2D eigenvalue weighted by atomic mass is 14.2. The van der Waals surface area contributed by atoms with Crippen molar-refractivity contribution < 1.29 is 0 Å². The zero-order valence-electron chi connectivity index (χ0n) is 3.57. The lowest BCUT2D eigenvalue weighted by molar-refractivity contribution is 0.825. The Labute approximate surface area is 33.2 Å². The largest absolute Gasteiger partial charge is 0.0651 e. The molecule has 1 aliphatic carbocycles. The van der Waals surface area contributed by atoms with E-state index < -0.39 is 0 Å². The van der Waals surface area contributed by atoms with Gasteiger partial charge in [0.05, 0.1) is 0 Å². The molecule has 0 bridgehead atoms. The van der Waals surface area contributed by atoms with Crippen LogP contribution in [0.15, 0.2) is 0 Å². The smallest absolute Gasteiger partial charge is 0.0352 e. The van der Waals surface area contributed by atoms with Gasteiger partial charge in [0.2, 0.25) is 0 Å². The van der Waals surface area contributed by atoms with Gasteiger partial charge in [0, 0.05) is 0 Å². The van der Waals surface area contributed by atoms with Crippen LogP contribution in [-0.4, -0.2) is 0 Å². The number of rotatable bonds is 1. The molecule has 0 amide bonds. The van der Waals surface area contributed by atoms with Gasteiger partial charge in [-0.1, -0.05) is 13.3 Å². The standard InChI is InChI=1S/C5H9/c1-2-5-3-4-5/h3,5H,2,4H2,1H3/t5-/m1/s1. The SMILES string of the molecule is CC[C@@H]1[CH]C1. The molecule has 1 radical (unpaired) electrons. The van der Waals surface area contributed by atoms with E-state index in [4.69, 9.17) is 0 Å². The van der Waals surface area contributed by atoms with Crippen LogP contribution in [0.4, 0.5) is 0 Å². The van der Waals surface area contributed by atoms with Gasteiger partial charge in [0.1, 0.15) is 0 Å². The monoisotopic (exact) mass is 69.1 g/mol. The summed E-state index contributed by atoms with van der Waals surface area (Å²) in [6, 6.07) is 0. The molecule has 0 aromatic carbocycles. The molecule has 0 nitrogen and oxygen atoms in total. The first-order valence-electron chi connectivity index (χ1n) is 2.27. The van der Waals surface area contributed by atoms with E-state index in [9.17, 15) is 0 Å². The minimum atomic E-state index is 1.01. The quantitative estimate of drug-likeness (QED) is 0.439. The molecule has 1 rings (SSSR count). The summed E-state index contributed by atoms with van der Waals surface area (Å²) in [4.78, 5) is 0. The molecule has 0 heterocycles. The summed E-state index contributed by atoms with van der Waals surface area (Å²) in [5.41, 5.74) is 0. The van der Waals surface area contributed by atoms with Crippen molar-refractivity contribution in [1.29, 1.82) is 0 Å². The average Bonchev–Trinajstić information content (AvgIpc) is 2.12. The van der Waals surface area contributed by atoms with Crippen LogP contribution in [0.5, 0.6) is 0 Å². The normalized spacial score (nSPS) is 23.4. The van der Waals surface area contributed by atoms with Crippen molar-refractivity contribution in [2.75, 3.05) is 0 Å². The highest BCUT2D eigenvalue weighted by Gasteiger charge is 2.17. The molecule has 5 heavy (non-hydrogen) atoms. The van der Waals surface area contributed by atoms with E-state index in [-0.39, 0.29) is 0 Å². The van der Waals surface area contributed by atoms with Crippen molar-refractivity contribution >= 4 is 0 Å². The average molecular weight is 69.1 g/mol. The summed E-state index contributed by atoms with van der Waals surface area (Å²) >= 11 is 0. The molecule has 0 unspecified atom stereocenters. The van der Waals surface area contributed by atoms with Crippen molar-refractivity contribution in [2.24, 2.45) is 5.92 Å². The molecule has 1 atom stereocenters.